The molecule has 49 heavy (non-hydrogen) atoms. The van der Waals surface area contributed by atoms with Gasteiger partial charge in [0.2, 0.25) is 17.7 Å². The van der Waals surface area contributed by atoms with Gasteiger partial charge >= 0.3 is 5.97 Å². The first kappa shape index (κ1) is 34.9. The van der Waals surface area contributed by atoms with Crippen LogP contribution in [0.3, 0.4) is 0 Å². The third-order valence-electron chi connectivity index (χ3n) is 8.66. The smallest absolute Gasteiger partial charge is 0.326 e. The van der Waals surface area contributed by atoms with Gasteiger partial charge in [0.05, 0.1) is 6.04 Å². The molecule has 4 unspecified atom stereocenters. The summed E-state index contributed by atoms with van der Waals surface area (Å²) in [6.45, 7) is 0.402. The van der Waals surface area contributed by atoms with Crippen molar-refractivity contribution < 1.29 is 24.3 Å². The second-order valence-electron chi connectivity index (χ2n) is 12.2. The van der Waals surface area contributed by atoms with Gasteiger partial charge in [-0.25, -0.2) is 4.79 Å². The maximum Gasteiger partial charge on any atom is 0.326 e. The van der Waals surface area contributed by atoms with Crippen LogP contribution < -0.4 is 27.4 Å². The molecule has 0 bridgehead atoms. The van der Waals surface area contributed by atoms with Crippen LogP contribution in [0, 0.1) is 0 Å². The van der Waals surface area contributed by atoms with Crippen molar-refractivity contribution in [2.24, 2.45) is 11.5 Å². The zero-order valence-electron chi connectivity index (χ0n) is 27.2. The Morgan fingerprint density at radius 2 is 1.14 bits per heavy atom. The van der Waals surface area contributed by atoms with E-state index in [1.165, 1.54) is 0 Å². The molecule has 12 heteroatoms. The van der Waals surface area contributed by atoms with E-state index < -0.39 is 47.9 Å². The maximum absolute atomic E-state index is 14.0. The lowest BCUT2D eigenvalue weighted by Gasteiger charge is -2.25. The summed E-state index contributed by atoms with van der Waals surface area (Å²) in [7, 11) is 0. The first-order valence-corrected chi connectivity index (χ1v) is 16.5. The van der Waals surface area contributed by atoms with Gasteiger partial charge in [-0.1, -0.05) is 66.7 Å². The number of carboxylic acid groups (broad SMARTS) is 1. The number of carbonyl (C=O) groups excluding carboxylic acids is 3. The van der Waals surface area contributed by atoms with Gasteiger partial charge in [0, 0.05) is 47.0 Å². The number of para-hydroxylation sites is 2. The molecule has 0 saturated heterocycles. The number of unbranched alkanes of at least 4 members (excludes halogenated alkanes) is 1. The quantitative estimate of drug-likeness (QED) is 0.0696. The fourth-order valence-corrected chi connectivity index (χ4v) is 5.99. The summed E-state index contributed by atoms with van der Waals surface area (Å²) < 4.78 is 0. The van der Waals surface area contributed by atoms with Crippen molar-refractivity contribution in [3.05, 3.63) is 108 Å². The second-order valence-corrected chi connectivity index (χ2v) is 12.2. The SMILES string of the molecule is NCCCCC(NC(=O)C(Cc1c[nH]c2ccccc12)NC(=O)C(Cc1ccccc1)NC(=O)C(N)Cc1c[nH]c2ccccc12)C(=O)O. The number of rotatable bonds is 17. The lowest BCUT2D eigenvalue weighted by Crippen LogP contribution is -2.58. The van der Waals surface area contributed by atoms with Gasteiger partial charge in [-0.15, -0.1) is 0 Å². The number of nitrogens with one attached hydrogen (secondary N) is 5. The summed E-state index contributed by atoms with van der Waals surface area (Å²) in [4.78, 5) is 59.7. The molecule has 0 spiro atoms. The summed E-state index contributed by atoms with van der Waals surface area (Å²) in [6.07, 6.45) is 5.34. The second kappa shape index (κ2) is 16.6. The van der Waals surface area contributed by atoms with Crippen LogP contribution in [0.25, 0.3) is 21.8 Å². The van der Waals surface area contributed by atoms with Crippen molar-refractivity contribution in [1.29, 1.82) is 0 Å². The number of amides is 3. The van der Waals surface area contributed by atoms with Crippen molar-refractivity contribution in [3.63, 3.8) is 0 Å². The molecular formula is C37H43N7O5. The van der Waals surface area contributed by atoms with Crippen molar-refractivity contribution in [2.45, 2.75) is 62.7 Å². The average molecular weight is 666 g/mol. The predicted molar refractivity (Wildman–Crippen MR) is 188 cm³/mol. The fourth-order valence-electron chi connectivity index (χ4n) is 5.99. The largest absolute Gasteiger partial charge is 0.480 e. The van der Waals surface area contributed by atoms with Gasteiger partial charge in [-0.05, 0) is 61.1 Å². The molecule has 3 aromatic carbocycles. The van der Waals surface area contributed by atoms with Gasteiger partial charge in [-0.3, -0.25) is 14.4 Å². The van der Waals surface area contributed by atoms with Gasteiger partial charge < -0.3 is 42.5 Å². The summed E-state index contributed by atoms with van der Waals surface area (Å²) in [5.41, 5.74) is 16.2. The highest BCUT2D eigenvalue weighted by Gasteiger charge is 2.31. The van der Waals surface area contributed by atoms with Gasteiger partial charge in [0.15, 0.2) is 0 Å². The molecule has 0 aliphatic rings. The van der Waals surface area contributed by atoms with E-state index in [1.54, 1.807) is 6.20 Å². The van der Waals surface area contributed by atoms with Crippen LogP contribution in [0.1, 0.15) is 36.0 Å². The molecule has 256 valence electrons. The summed E-state index contributed by atoms with van der Waals surface area (Å²) in [5, 5.41) is 19.9. The van der Waals surface area contributed by atoms with Gasteiger partial charge in [-0.2, -0.15) is 0 Å². The van der Waals surface area contributed by atoms with Crippen LogP contribution in [0.2, 0.25) is 0 Å². The Labute approximate surface area is 284 Å². The van der Waals surface area contributed by atoms with Gasteiger partial charge in [0.1, 0.15) is 18.1 Å². The summed E-state index contributed by atoms with van der Waals surface area (Å²) in [6, 6.07) is 20.1. The van der Waals surface area contributed by atoms with E-state index in [2.05, 4.69) is 25.9 Å². The first-order chi connectivity index (χ1) is 23.7. The minimum absolute atomic E-state index is 0.0722. The molecule has 2 heterocycles. The highest BCUT2D eigenvalue weighted by molar-refractivity contribution is 5.95. The van der Waals surface area contributed by atoms with E-state index in [-0.39, 0.29) is 25.7 Å². The Hall–Kier alpha value is -5.46. The van der Waals surface area contributed by atoms with Crippen LogP contribution >= 0.6 is 0 Å². The number of nitrogens with two attached hydrogens (primary N) is 2. The minimum atomic E-state index is -1.18. The van der Waals surface area contributed by atoms with E-state index in [1.807, 2.05) is 85.1 Å². The van der Waals surface area contributed by atoms with Crippen molar-refractivity contribution in [2.75, 3.05) is 6.54 Å². The zero-order valence-corrected chi connectivity index (χ0v) is 27.2. The topological polar surface area (TPSA) is 208 Å². The Morgan fingerprint density at radius 1 is 0.633 bits per heavy atom. The van der Waals surface area contributed by atoms with Crippen LogP contribution in [-0.2, 0) is 38.4 Å². The van der Waals surface area contributed by atoms with Crippen LogP contribution in [0.15, 0.2) is 91.3 Å². The van der Waals surface area contributed by atoms with Crippen molar-refractivity contribution in [1.82, 2.24) is 25.9 Å². The monoisotopic (exact) mass is 665 g/mol. The van der Waals surface area contributed by atoms with Crippen molar-refractivity contribution in [3.8, 4) is 0 Å². The van der Waals surface area contributed by atoms with Crippen LogP contribution in [-0.4, -0.2) is 69.5 Å². The molecule has 0 saturated carbocycles. The molecule has 0 radical (unpaired) electrons. The van der Waals surface area contributed by atoms with Crippen LogP contribution in [0.5, 0.6) is 0 Å². The number of fused-ring (bicyclic) bond motifs is 2. The number of benzene rings is 3. The van der Waals surface area contributed by atoms with Crippen LogP contribution in [0.4, 0.5) is 0 Å². The Morgan fingerprint density at radius 3 is 1.73 bits per heavy atom. The molecular weight excluding hydrogens is 622 g/mol. The maximum atomic E-state index is 14.0. The molecule has 3 amide bonds. The number of hydrogen-bond donors (Lipinski definition) is 8. The number of carboxylic acids is 1. The number of aromatic amines is 2. The molecule has 12 nitrogen and oxygen atoms in total. The third-order valence-corrected chi connectivity index (χ3v) is 8.66. The highest BCUT2D eigenvalue weighted by atomic mass is 16.4. The summed E-state index contributed by atoms with van der Waals surface area (Å²) in [5.74, 6) is -2.96. The molecule has 0 fully saturated rings. The molecule has 0 aliphatic heterocycles. The molecule has 2 aromatic heterocycles. The molecule has 10 N–H and O–H groups in total. The molecule has 0 aliphatic carbocycles. The lowest BCUT2D eigenvalue weighted by molar-refractivity contribution is -0.142. The lowest BCUT2D eigenvalue weighted by atomic mass is 10.0. The van der Waals surface area contributed by atoms with E-state index in [9.17, 15) is 24.3 Å². The molecule has 5 rings (SSSR count). The normalized spacial score (nSPS) is 13.8. The minimum Gasteiger partial charge on any atom is -0.480 e. The molecule has 5 aromatic rings. The number of carbonyl (C=O) groups is 4. The van der Waals surface area contributed by atoms with Gasteiger partial charge in [0.25, 0.3) is 0 Å². The number of H-pyrrole nitrogens is 2. The summed E-state index contributed by atoms with van der Waals surface area (Å²) >= 11 is 0. The Kier molecular flexibility index (Phi) is 11.8. The van der Waals surface area contributed by atoms with E-state index in [0.717, 1.165) is 38.5 Å². The van der Waals surface area contributed by atoms with Crippen molar-refractivity contribution >= 4 is 45.5 Å². The highest BCUT2D eigenvalue weighted by Crippen LogP contribution is 2.21. The van der Waals surface area contributed by atoms with E-state index in [0.29, 0.717) is 19.4 Å². The third kappa shape index (κ3) is 9.12. The standard InChI is InChI=1S/C37H43N7O5/c38-17-9-8-16-31(37(48)49)42-36(47)33(20-25-22-41-30-15-7-5-13-27(25)30)44-35(46)32(18-23-10-2-1-3-11-23)43-34(45)28(39)19-24-21-40-29-14-6-4-12-26(24)29/h1-7,10-15,21-22,28,31-33,40-41H,8-9,16-20,38-39H2,(H,42,47)(H,43,45)(H,44,46)(H,48,49). The zero-order chi connectivity index (χ0) is 34.8. The fraction of sp³-hybridized carbons (Fsp3) is 0.297. The first-order valence-electron chi connectivity index (χ1n) is 16.5. The number of aromatic nitrogens is 2. The Balaban J connectivity index is 1.37. The Bertz CT molecular complexity index is 1890. The van der Waals surface area contributed by atoms with E-state index in [4.69, 9.17) is 11.5 Å². The van der Waals surface area contributed by atoms with E-state index >= 15 is 0 Å². The predicted octanol–water partition coefficient (Wildman–Crippen LogP) is 2.67. The average Bonchev–Trinajstić information content (AvgIpc) is 3.71. The molecule has 4 atom stereocenters. The number of hydrogen-bond acceptors (Lipinski definition) is 6. The number of aliphatic carboxylic acids is 1.